The molecule has 0 N–H and O–H groups in total. The van der Waals surface area contributed by atoms with Crippen LogP contribution in [0.1, 0.15) is 10.4 Å². The molecule has 1 rings (SSSR count). The molecule has 0 fully saturated rings. The number of benzene rings is 1. The van der Waals surface area contributed by atoms with E-state index in [-0.39, 0.29) is 17.1 Å². The normalized spacial score (nSPS) is 11.8. The quantitative estimate of drug-likeness (QED) is 0.741. The average Bonchev–Trinajstić information content (AvgIpc) is 2.35. The zero-order chi connectivity index (χ0) is 13.0. The zero-order valence-corrected chi connectivity index (χ0v) is 10.3. The lowest BCUT2D eigenvalue weighted by molar-refractivity contribution is 0.107. The van der Waals surface area contributed by atoms with Gasteiger partial charge in [0.05, 0.1) is 21.3 Å². The van der Waals surface area contributed by atoms with E-state index in [2.05, 4.69) is 0 Å². The summed E-state index contributed by atoms with van der Waals surface area (Å²) in [7, 11) is 4.16. The van der Waals surface area contributed by atoms with Crippen molar-refractivity contribution in [1.82, 2.24) is 0 Å². The van der Waals surface area contributed by atoms with E-state index in [0.717, 1.165) is 0 Å². The number of carbonyl (C=O) groups is 1. The summed E-state index contributed by atoms with van der Waals surface area (Å²) < 4.78 is 36.2. The highest BCUT2D eigenvalue weighted by atomic mass is 32.2. The summed E-state index contributed by atoms with van der Waals surface area (Å²) in [4.78, 5) is 11.3. The maximum absolute atomic E-state index is 11.3. The molecule has 1 aromatic carbocycles. The van der Waals surface area contributed by atoms with E-state index in [0.29, 0.717) is 5.75 Å². The molecule has 94 valence electrons. The highest BCUT2D eigenvalue weighted by molar-refractivity contribution is 7.95. The molecule has 0 heterocycles. The van der Waals surface area contributed by atoms with E-state index in [4.69, 9.17) is 14.2 Å². The summed E-state index contributed by atoms with van der Waals surface area (Å²) >= 11 is -2.83. The summed E-state index contributed by atoms with van der Waals surface area (Å²) in [6, 6.07) is 2.55. The van der Waals surface area contributed by atoms with Crippen LogP contribution in [0.3, 0.4) is 0 Å². The second-order valence-corrected chi connectivity index (χ2v) is 3.78. The Morgan fingerprint density at radius 3 is 1.88 bits per heavy atom. The lowest BCUT2D eigenvalue weighted by atomic mass is 10.2. The van der Waals surface area contributed by atoms with Crippen LogP contribution < -0.4 is 14.2 Å². The fourth-order valence-electron chi connectivity index (χ4n) is 1.30. The van der Waals surface area contributed by atoms with Gasteiger partial charge in [0.15, 0.2) is 11.5 Å². The highest BCUT2D eigenvalue weighted by Crippen LogP contribution is 2.38. The summed E-state index contributed by atoms with van der Waals surface area (Å²) in [6.07, 6.45) is 0. The number of rotatable bonds is 4. The third-order valence-electron chi connectivity index (χ3n) is 2.05. The van der Waals surface area contributed by atoms with Gasteiger partial charge in [-0.15, -0.1) is 0 Å². The van der Waals surface area contributed by atoms with Crippen LogP contribution >= 0.6 is 0 Å². The third kappa shape index (κ3) is 2.75. The first-order valence-corrected chi connectivity index (χ1v) is 5.56. The molecule has 0 radical (unpaired) electrons. The molecular weight excluding hydrogens is 248 g/mol. The van der Waals surface area contributed by atoms with E-state index < -0.39 is 16.2 Å². The van der Waals surface area contributed by atoms with Crippen LogP contribution in [0, 0.1) is 0 Å². The Labute approximate surface area is 101 Å². The fraction of sp³-hybridized carbons (Fsp3) is 0.300. The predicted octanol–water partition coefficient (Wildman–Crippen LogP) is 0.732. The Morgan fingerprint density at radius 1 is 1.12 bits per heavy atom. The molecule has 0 spiro atoms. The van der Waals surface area contributed by atoms with Crippen molar-refractivity contribution in [2.75, 3.05) is 21.3 Å². The van der Waals surface area contributed by atoms with Crippen LogP contribution in [0.5, 0.6) is 17.2 Å². The van der Waals surface area contributed by atoms with Gasteiger partial charge in [0.25, 0.3) is 0 Å². The largest absolute Gasteiger partial charge is 0.766 e. The second-order valence-electron chi connectivity index (χ2n) is 2.94. The SMILES string of the molecule is COc1cc(C(=O)S(=O)[O-])cc(OC)c1OC. The summed E-state index contributed by atoms with van der Waals surface area (Å²) in [5, 5.41) is -1.04. The molecular formula is C10H11O6S-. The van der Waals surface area contributed by atoms with Gasteiger partial charge in [0, 0.05) is 16.6 Å². The van der Waals surface area contributed by atoms with Crippen molar-refractivity contribution in [3.8, 4) is 17.2 Å². The Bertz CT molecular complexity index is 431. The fourth-order valence-corrected chi connectivity index (χ4v) is 1.61. The molecule has 0 amide bonds. The van der Waals surface area contributed by atoms with Gasteiger partial charge in [-0.3, -0.25) is 9.00 Å². The van der Waals surface area contributed by atoms with E-state index in [1.165, 1.54) is 33.5 Å². The lowest BCUT2D eigenvalue weighted by Gasteiger charge is -2.14. The van der Waals surface area contributed by atoms with Crippen molar-refractivity contribution >= 4 is 16.2 Å². The molecule has 0 saturated carbocycles. The van der Waals surface area contributed by atoms with Crippen molar-refractivity contribution in [3.05, 3.63) is 17.7 Å². The Morgan fingerprint density at radius 2 is 1.59 bits per heavy atom. The van der Waals surface area contributed by atoms with Crippen LogP contribution in [0.25, 0.3) is 0 Å². The second kappa shape index (κ2) is 5.65. The minimum absolute atomic E-state index is 0.0483. The molecule has 0 bridgehead atoms. The van der Waals surface area contributed by atoms with Crippen LogP contribution in [0.15, 0.2) is 12.1 Å². The van der Waals surface area contributed by atoms with E-state index in [9.17, 15) is 13.6 Å². The van der Waals surface area contributed by atoms with Crippen molar-refractivity contribution in [2.45, 2.75) is 0 Å². The van der Waals surface area contributed by atoms with Crippen LogP contribution in [-0.4, -0.2) is 35.2 Å². The van der Waals surface area contributed by atoms with Gasteiger partial charge in [-0.2, -0.15) is 0 Å². The Hall–Kier alpha value is -1.60. The first-order valence-electron chi connectivity index (χ1n) is 4.48. The molecule has 17 heavy (non-hydrogen) atoms. The number of carbonyl (C=O) groups excluding carboxylic acids is 1. The molecule has 0 aliphatic carbocycles. The standard InChI is InChI=1S/C10H12O6S/c1-14-7-4-6(10(11)17(12)13)5-8(15-2)9(7)16-3/h4-5H,1-3H3,(H,12,13)/p-1. The number of hydrogen-bond acceptors (Lipinski definition) is 6. The average molecular weight is 259 g/mol. The van der Waals surface area contributed by atoms with E-state index in [1.807, 2.05) is 0 Å². The molecule has 0 aliphatic rings. The summed E-state index contributed by atoms with van der Waals surface area (Å²) in [6.45, 7) is 0. The minimum Gasteiger partial charge on any atom is -0.766 e. The van der Waals surface area contributed by atoms with Gasteiger partial charge in [0.2, 0.25) is 10.9 Å². The Kier molecular flexibility index (Phi) is 4.47. The van der Waals surface area contributed by atoms with Crippen molar-refractivity contribution in [1.29, 1.82) is 0 Å². The van der Waals surface area contributed by atoms with Gasteiger partial charge >= 0.3 is 0 Å². The van der Waals surface area contributed by atoms with E-state index in [1.54, 1.807) is 0 Å². The smallest absolute Gasteiger partial charge is 0.236 e. The number of ether oxygens (including phenoxy) is 3. The summed E-state index contributed by atoms with van der Waals surface area (Å²) in [5.41, 5.74) is -0.0483. The molecule has 7 heteroatoms. The molecule has 0 aromatic heterocycles. The van der Waals surface area contributed by atoms with Gasteiger partial charge in [-0.05, 0) is 12.1 Å². The molecule has 0 saturated heterocycles. The van der Waals surface area contributed by atoms with Gasteiger partial charge in [0.1, 0.15) is 0 Å². The third-order valence-corrected chi connectivity index (χ3v) is 2.59. The highest BCUT2D eigenvalue weighted by Gasteiger charge is 2.17. The molecule has 1 aromatic rings. The van der Waals surface area contributed by atoms with E-state index >= 15 is 0 Å². The summed E-state index contributed by atoms with van der Waals surface area (Å²) in [5.74, 6) is 0.740. The number of hydrogen-bond donors (Lipinski definition) is 0. The van der Waals surface area contributed by atoms with Gasteiger partial charge < -0.3 is 18.8 Å². The first kappa shape index (κ1) is 13.5. The van der Waals surface area contributed by atoms with Crippen LogP contribution in [0.4, 0.5) is 0 Å². The van der Waals surface area contributed by atoms with Crippen LogP contribution in [0.2, 0.25) is 0 Å². The monoisotopic (exact) mass is 259 g/mol. The number of methoxy groups -OCH3 is 3. The van der Waals surface area contributed by atoms with Crippen molar-refractivity contribution in [2.24, 2.45) is 0 Å². The molecule has 6 nitrogen and oxygen atoms in total. The predicted molar refractivity (Wildman–Crippen MR) is 59.3 cm³/mol. The molecule has 0 aliphatic heterocycles. The topological polar surface area (TPSA) is 84.9 Å². The van der Waals surface area contributed by atoms with Crippen molar-refractivity contribution < 1.29 is 27.8 Å². The Balaban J connectivity index is 3.37. The van der Waals surface area contributed by atoms with Crippen LogP contribution in [-0.2, 0) is 11.1 Å². The maximum Gasteiger partial charge on any atom is 0.236 e. The van der Waals surface area contributed by atoms with Gasteiger partial charge in [-0.1, -0.05) is 0 Å². The van der Waals surface area contributed by atoms with Gasteiger partial charge in [-0.25, -0.2) is 0 Å². The van der Waals surface area contributed by atoms with Crippen molar-refractivity contribution in [3.63, 3.8) is 0 Å². The molecule has 1 unspecified atom stereocenters. The maximum atomic E-state index is 11.3. The minimum atomic E-state index is -2.83. The molecule has 1 atom stereocenters. The first-order chi connectivity index (χ1) is 8.04. The zero-order valence-electron chi connectivity index (χ0n) is 9.51. The lowest BCUT2D eigenvalue weighted by Crippen LogP contribution is -2.07.